The molecule has 0 bridgehead atoms. The van der Waals surface area contributed by atoms with Crippen LogP contribution in [-0.2, 0) is 18.0 Å². The summed E-state index contributed by atoms with van der Waals surface area (Å²) in [6, 6.07) is 9.17. The molecule has 0 amide bonds. The van der Waals surface area contributed by atoms with Crippen LogP contribution in [0.25, 0.3) is 21.9 Å². The van der Waals surface area contributed by atoms with Gasteiger partial charge in [-0.3, -0.25) is 4.79 Å². The van der Waals surface area contributed by atoms with Crippen molar-refractivity contribution in [2.24, 2.45) is 12.2 Å². The van der Waals surface area contributed by atoms with Crippen LogP contribution in [-0.4, -0.2) is 15.9 Å². The Bertz CT molecular complexity index is 1030. The molecule has 24 heavy (non-hydrogen) atoms. The smallest absolute Gasteiger partial charge is 0.258 e. The van der Waals surface area contributed by atoms with E-state index in [1.807, 2.05) is 0 Å². The number of pyridine rings is 1. The van der Waals surface area contributed by atoms with E-state index < -0.39 is 16.8 Å². The van der Waals surface area contributed by atoms with Crippen LogP contribution in [0.2, 0.25) is 0 Å². The van der Waals surface area contributed by atoms with Gasteiger partial charge in [0.25, 0.3) is 5.56 Å². The van der Waals surface area contributed by atoms with Crippen LogP contribution in [0.3, 0.4) is 0 Å². The predicted molar refractivity (Wildman–Crippen MR) is 91.7 cm³/mol. The van der Waals surface area contributed by atoms with Crippen molar-refractivity contribution in [2.75, 3.05) is 7.11 Å². The summed E-state index contributed by atoms with van der Waals surface area (Å²) in [5.41, 5.74) is 1.13. The van der Waals surface area contributed by atoms with Gasteiger partial charge in [-0.2, -0.15) is 0 Å². The monoisotopic (exact) mass is 346 g/mol. The molecule has 0 fully saturated rings. The Balaban J connectivity index is 2.35. The number of nitrogens with zero attached hydrogens (tertiary/aromatic N) is 1. The van der Waals surface area contributed by atoms with Gasteiger partial charge in [0.1, 0.15) is 22.6 Å². The summed E-state index contributed by atoms with van der Waals surface area (Å²) in [6.07, 6.45) is 1.66. The zero-order chi connectivity index (χ0) is 17.4. The van der Waals surface area contributed by atoms with Gasteiger partial charge in [0.15, 0.2) is 0 Å². The molecule has 3 aromatic rings. The van der Waals surface area contributed by atoms with E-state index in [-0.39, 0.29) is 10.9 Å². The molecule has 2 aromatic carbocycles. The molecule has 0 spiro atoms. The van der Waals surface area contributed by atoms with E-state index in [9.17, 15) is 13.4 Å². The molecular formula is C17H15FN2O3S. The molecule has 1 aromatic heterocycles. The molecule has 1 unspecified atom stereocenters. The van der Waals surface area contributed by atoms with Crippen molar-refractivity contribution in [1.82, 2.24) is 4.57 Å². The van der Waals surface area contributed by atoms with Gasteiger partial charge in [0.2, 0.25) is 0 Å². The molecule has 2 N–H and O–H groups in total. The number of methoxy groups -OCH3 is 1. The number of aromatic nitrogens is 1. The second-order valence-electron chi connectivity index (χ2n) is 5.31. The Kier molecular flexibility index (Phi) is 4.21. The lowest BCUT2D eigenvalue weighted by Crippen LogP contribution is -2.16. The summed E-state index contributed by atoms with van der Waals surface area (Å²) < 4.78 is 31.8. The number of aryl methyl sites for hydroxylation is 1. The molecule has 0 saturated carbocycles. The van der Waals surface area contributed by atoms with E-state index in [1.165, 1.54) is 23.8 Å². The van der Waals surface area contributed by atoms with Gasteiger partial charge in [0.05, 0.1) is 17.4 Å². The first-order valence-corrected chi connectivity index (χ1v) is 8.27. The second kappa shape index (κ2) is 6.18. The Morgan fingerprint density at radius 2 is 1.92 bits per heavy atom. The second-order valence-corrected chi connectivity index (χ2v) is 6.35. The highest BCUT2D eigenvalue weighted by molar-refractivity contribution is 7.82. The van der Waals surface area contributed by atoms with Crippen LogP contribution >= 0.6 is 0 Å². The number of hydrogen-bond donors (Lipinski definition) is 1. The highest BCUT2D eigenvalue weighted by Gasteiger charge is 2.14. The minimum Gasteiger partial charge on any atom is -0.495 e. The maximum atomic E-state index is 13.5. The van der Waals surface area contributed by atoms with Gasteiger partial charge in [-0.25, -0.2) is 13.7 Å². The summed E-state index contributed by atoms with van der Waals surface area (Å²) in [4.78, 5) is 12.6. The molecule has 1 heterocycles. The van der Waals surface area contributed by atoms with Crippen LogP contribution in [0.1, 0.15) is 0 Å². The molecular weight excluding hydrogens is 331 g/mol. The Morgan fingerprint density at radius 1 is 1.17 bits per heavy atom. The zero-order valence-electron chi connectivity index (χ0n) is 13.1. The molecule has 7 heteroatoms. The predicted octanol–water partition coefficient (Wildman–Crippen LogP) is 2.33. The van der Waals surface area contributed by atoms with E-state index in [0.717, 1.165) is 0 Å². The number of nitrogens with two attached hydrogens (primary N) is 1. The molecule has 0 aliphatic carbocycles. The van der Waals surface area contributed by atoms with E-state index >= 15 is 0 Å². The molecule has 0 aliphatic heterocycles. The van der Waals surface area contributed by atoms with Gasteiger partial charge >= 0.3 is 0 Å². The van der Waals surface area contributed by atoms with Gasteiger partial charge in [-0.1, -0.05) is 12.1 Å². The Labute approximate surface area is 140 Å². The third-order valence-electron chi connectivity index (χ3n) is 3.84. The molecule has 5 nitrogen and oxygen atoms in total. The lowest BCUT2D eigenvalue weighted by Gasteiger charge is -2.12. The summed E-state index contributed by atoms with van der Waals surface area (Å²) in [6.45, 7) is 0. The van der Waals surface area contributed by atoms with Gasteiger partial charge < -0.3 is 9.30 Å². The average molecular weight is 346 g/mol. The third-order valence-corrected chi connectivity index (χ3v) is 4.59. The fourth-order valence-corrected chi connectivity index (χ4v) is 3.26. The van der Waals surface area contributed by atoms with E-state index in [4.69, 9.17) is 9.88 Å². The SMILES string of the molecule is COc1ccc(-c2cn(C)c(=O)c3cc(F)ccc23)cc1S(N)=O. The van der Waals surface area contributed by atoms with E-state index in [2.05, 4.69) is 0 Å². The van der Waals surface area contributed by atoms with Crippen molar-refractivity contribution in [1.29, 1.82) is 0 Å². The highest BCUT2D eigenvalue weighted by Crippen LogP contribution is 2.31. The van der Waals surface area contributed by atoms with Crippen LogP contribution in [0.5, 0.6) is 5.75 Å². The average Bonchev–Trinajstić information content (AvgIpc) is 2.57. The minimum atomic E-state index is -1.73. The first-order chi connectivity index (χ1) is 11.4. The zero-order valence-corrected chi connectivity index (χ0v) is 13.9. The first-order valence-electron chi connectivity index (χ1n) is 7.06. The number of fused-ring (bicyclic) bond motifs is 1. The van der Waals surface area contributed by atoms with Gasteiger partial charge in [-0.05, 0) is 35.2 Å². The number of hydrogen-bond acceptors (Lipinski definition) is 3. The first kappa shape index (κ1) is 16.4. The van der Waals surface area contributed by atoms with Crippen LogP contribution < -0.4 is 15.4 Å². The standard InChI is InChI=1S/C17H15FN2O3S/c1-20-9-14(12-5-4-11(18)8-13(12)17(20)21)10-3-6-15(23-2)16(7-10)24(19)22/h3-9H,19H2,1-2H3. The maximum absolute atomic E-state index is 13.5. The van der Waals surface area contributed by atoms with Gasteiger partial charge in [-0.15, -0.1) is 0 Å². The Morgan fingerprint density at radius 3 is 2.58 bits per heavy atom. The summed E-state index contributed by atoms with van der Waals surface area (Å²) in [5.74, 6) is -0.0602. The maximum Gasteiger partial charge on any atom is 0.258 e. The van der Waals surface area contributed by atoms with E-state index in [0.29, 0.717) is 27.2 Å². The van der Waals surface area contributed by atoms with Gasteiger partial charge in [0, 0.05) is 18.8 Å². The highest BCUT2D eigenvalue weighted by atomic mass is 32.2. The van der Waals surface area contributed by atoms with Crippen molar-refractivity contribution < 1.29 is 13.3 Å². The fraction of sp³-hybridized carbons (Fsp3) is 0.118. The fourth-order valence-electron chi connectivity index (χ4n) is 2.67. The lowest BCUT2D eigenvalue weighted by molar-refractivity contribution is 0.404. The lowest BCUT2D eigenvalue weighted by atomic mass is 10.0. The van der Waals surface area contributed by atoms with Crippen molar-refractivity contribution in [3.8, 4) is 16.9 Å². The van der Waals surface area contributed by atoms with E-state index in [1.54, 1.807) is 37.5 Å². The van der Waals surface area contributed by atoms with Crippen molar-refractivity contribution in [3.05, 3.63) is 58.8 Å². The molecule has 0 saturated heterocycles. The molecule has 0 radical (unpaired) electrons. The minimum absolute atomic E-state index is 0.279. The van der Waals surface area contributed by atoms with Crippen molar-refractivity contribution in [2.45, 2.75) is 4.90 Å². The molecule has 1 atom stereocenters. The van der Waals surface area contributed by atoms with Crippen molar-refractivity contribution in [3.63, 3.8) is 0 Å². The third kappa shape index (κ3) is 2.72. The van der Waals surface area contributed by atoms with Crippen LogP contribution in [0.15, 0.2) is 52.3 Å². The summed E-state index contributed by atoms with van der Waals surface area (Å²) in [7, 11) is 1.34. The quantitative estimate of drug-likeness (QED) is 0.791. The topological polar surface area (TPSA) is 74.3 Å². The van der Waals surface area contributed by atoms with Crippen LogP contribution in [0, 0.1) is 5.82 Å². The normalized spacial score (nSPS) is 12.3. The summed E-state index contributed by atoms with van der Waals surface area (Å²) in [5, 5.41) is 6.40. The van der Waals surface area contributed by atoms with Crippen molar-refractivity contribution >= 4 is 21.8 Å². The largest absolute Gasteiger partial charge is 0.495 e. The number of halogens is 1. The Hall–Kier alpha value is -2.51. The number of rotatable bonds is 3. The number of ether oxygens (including phenoxy) is 1. The summed E-state index contributed by atoms with van der Waals surface area (Å²) >= 11 is 0. The van der Waals surface area contributed by atoms with Crippen LogP contribution in [0.4, 0.5) is 4.39 Å². The molecule has 3 rings (SSSR count). The number of benzene rings is 2. The molecule has 0 aliphatic rings. The molecule has 124 valence electrons.